The van der Waals surface area contributed by atoms with Gasteiger partial charge in [-0.1, -0.05) is 0 Å². The molecule has 0 aliphatic rings. The molecule has 0 spiro atoms. The Morgan fingerprint density at radius 2 is 2.17 bits per heavy atom. The van der Waals surface area contributed by atoms with Crippen LogP contribution in [0.15, 0.2) is 18.2 Å². The van der Waals surface area contributed by atoms with Gasteiger partial charge in [0.1, 0.15) is 0 Å². The van der Waals surface area contributed by atoms with Crippen LogP contribution in [0.4, 0.5) is 5.69 Å². The monoisotopic (exact) mass is 266 g/mol. The maximum Gasteiger partial charge on any atom is 0.251 e. The first-order valence-corrected chi connectivity index (χ1v) is 7.56. The molecule has 18 heavy (non-hydrogen) atoms. The van der Waals surface area contributed by atoms with Crippen LogP contribution in [-0.4, -0.2) is 31.0 Å². The molecule has 0 saturated carbocycles. The maximum absolute atomic E-state index is 12.1. The quantitative estimate of drug-likeness (QED) is 0.832. The molecule has 0 fully saturated rings. The van der Waals surface area contributed by atoms with E-state index in [-0.39, 0.29) is 11.9 Å². The van der Waals surface area contributed by atoms with Crippen molar-refractivity contribution < 1.29 is 4.79 Å². The first kappa shape index (κ1) is 14.9. The normalized spacial score (nSPS) is 12.0. The van der Waals surface area contributed by atoms with Crippen LogP contribution in [0.3, 0.4) is 0 Å². The van der Waals surface area contributed by atoms with Gasteiger partial charge in [0.05, 0.1) is 0 Å². The summed E-state index contributed by atoms with van der Waals surface area (Å²) in [6.07, 6.45) is 3.08. The molecule has 0 aromatic heterocycles. The van der Waals surface area contributed by atoms with Crippen molar-refractivity contribution in [1.29, 1.82) is 0 Å². The van der Waals surface area contributed by atoms with Crippen molar-refractivity contribution in [2.24, 2.45) is 0 Å². The fraction of sp³-hybridized carbons (Fsp3) is 0.500. The highest BCUT2D eigenvalue weighted by Crippen LogP contribution is 2.15. The van der Waals surface area contributed by atoms with Crippen molar-refractivity contribution in [3.05, 3.63) is 29.3 Å². The van der Waals surface area contributed by atoms with Gasteiger partial charge >= 0.3 is 0 Å². The number of anilines is 1. The van der Waals surface area contributed by atoms with Gasteiger partial charge in [-0.3, -0.25) is 4.79 Å². The standard InChI is InChI=1S/C14H22N2OS/c1-10-9-12(15-3)5-6-13(10)14(17)16-11(2)7-8-18-4/h5-6,9,11,15H,7-8H2,1-4H3,(H,16,17). The molecule has 3 nitrogen and oxygen atoms in total. The summed E-state index contributed by atoms with van der Waals surface area (Å²) in [5, 5.41) is 6.10. The van der Waals surface area contributed by atoms with Crippen molar-refractivity contribution in [2.75, 3.05) is 24.4 Å². The molecule has 0 radical (unpaired) electrons. The maximum atomic E-state index is 12.1. The Labute approximate surface area is 114 Å². The van der Waals surface area contributed by atoms with Gasteiger partial charge < -0.3 is 10.6 Å². The molecule has 4 heteroatoms. The number of nitrogens with one attached hydrogen (secondary N) is 2. The van der Waals surface area contributed by atoms with Gasteiger partial charge in [-0.25, -0.2) is 0 Å². The van der Waals surface area contributed by atoms with Crippen LogP contribution in [0.1, 0.15) is 29.3 Å². The third-order valence-corrected chi connectivity index (χ3v) is 3.54. The lowest BCUT2D eigenvalue weighted by Crippen LogP contribution is -2.33. The molecule has 1 aromatic carbocycles. The minimum atomic E-state index is 0.0174. The number of benzene rings is 1. The number of carbonyl (C=O) groups excluding carboxylic acids is 1. The molecule has 0 aliphatic carbocycles. The van der Waals surface area contributed by atoms with E-state index in [1.807, 2.05) is 39.1 Å². The highest BCUT2D eigenvalue weighted by Gasteiger charge is 2.11. The summed E-state index contributed by atoms with van der Waals surface area (Å²) in [6, 6.07) is 6.00. The average molecular weight is 266 g/mol. The van der Waals surface area contributed by atoms with E-state index in [0.29, 0.717) is 0 Å². The van der Waals surface area contributed by atoms with Crippen molar-refractivity contribution in [3.63, 3.8) is 0 Å². The van der Waals surface area contributed by atoms with Crippen LogP contribution in [0, 0.1) is 6.92 Å². The number of rotatable bonds is 6. The van der Waals surface area contributed by atoms with E-state index < -0.39 is 0 Å². The summed E-state index contributed by atoms with van der Waals surface area (Å²) in [6.45, 7) is 4.01. The fourth-order valence-corrected chi connectivity index (χ4v) is 2.33. The van der Waals surface area contributed by atoms with Crippen LogP contribution in [0.25, 0.3) is 0 Å². The van der Waals surface area contributed by atoms with Crippen LogP contribution in [-0.2, 0) is 0 Å². The van der Waals surface area contributed by atoms with Gasteiger partial charge in [0, 0.05) is 24.3 Å². The van der Waals surface area contributed by atoms with Crippen molar-refractivity contribution in [2.45, 2.75) is 26.3 Å². The molecule has 2 N–H and O–H groups in total. The predicted octanol–water partition coefficient (Wildman–Crippen LogP) is 2.91. The molecule has 1 unspecified atom stereocenters. The molecule has 1 aromatic rings. The van der Waals surface area contributed by atoms with Gasteiger partial charge in [-0.05, 0) is 56.0 Å². The van der Waals surface area contributed by atoms with E-state index in [2.05, 4.69) is 16.9 Å². The number of aryl methyl sites for hydroxylation is 1. The minimum absolute atomic E-state index is 0.0174. The molecular formula is C14H22N2OS. The largest absolute Gasteiger partial charge is 0.388 e. The van der Waals surface area contributed by atoms with Gasteiger partial charge in [0.2, 0.25) is 0 Å². The molecule has 100 valence electrons. The Balaban J connectivity index is 2.66. The van der Waals surface area contributed by atoms with Crippen LogP contribution in [0.5, 0.6) is 0 Å². The number of amides is 1. The summed E-state index contributed by atoms with van der Waals surface area (Å²) in [4.78, 5) is 12.1. The number of hydrogen-bond donors (Lipinski definition) is 2. The van der Waals surface area contributed by atoms with E-state index in [4.69, 9.17) is 0 Å². The molecular weight excluding hydrogens is 244 g/mol. The lowest BCUT2D eigenvalue weighted by atomic mass is 10.1. The highest BCUT2D eigenvalue weighted by molar-refractivity contribution is 7.98. The van der Waals surface area contributed by atoms with Gasteiger partial charge in [0.15, 0.2) is 0 Å². The van der Waals surface area contributed by atoms with E-state index in [1.165, 1.54) is 0 Å². The van der Waals surface area contributed by atoms with Crippen LogP contribution in [0.2, 0.25) is 0 Å². The highest BCUT2D eigenvalue weighted by atomic mass is 32.2. The Hall–Kier alpha value is -1.16. The van der Waals surface area contributed by atoms with Gasteiger partial charge in [0.25, 0.3) is 5.91 Å². The summed E-state index contributed by atoms with van der Waals surface area (Å²) in [5.74, 6) is 1.09. The predicted molar refractivity (Wildman–Crippen MR) is 80.7 cm³/mol. The molecule has 1 amide bonds. The summed E-state index contributed by atoms with van der Waals surface area (Å²) >= 11 is 1.80. The first-order valence-electron chi connectivity index (χ1n) is 6.16. The second-order valence-corrected chi connectivity index (χ2v) is 5.42. The average Bonchev–Trinajstić information content (AvgIpc) is 2.35. The summed E-state index contributed by atoms with van der Waals surface area (Å²) in [5.41, 5.74) is 2.78. The second-order valence-electron chi connectivity index (χ2n) is 4.44. The van der Waals surface area contributed by atoms with Crippen LogP contribution < -0.4 is 10.6 Å². The second kappa shape index (κ2) is 7.31. The first-order chi connectivity index (χ1) is 8.58. The van der Waals surface area contributed by atoms with E-state index in [1.54, 1.807) is 11.8 Å². The molecule has 1 atom stereocenters. The Morgan fingerprint density at radius 1 is 1.44 bits per heavy atom. The Bertz CT molecular complexity index is 407. The van der Waals surface area contributed by atoms with Crippen molar-refractivity contribution >= 4 is 23.4 Å². The van der Waals surface area contributed by atoms with Crippen molar-refractivity contribution in [3.8, 4) is 0 Å². The molecule has 1 rings (SSSR count). The number of thioether (sulfide) groups is 1. The molecule has 0 saturated heterocycles. The van der Waals surface area contributed by atoms with E-state index in [9.17, 15) is 4.79 Å². The Kier molecular flexibility index (Phi) is 6.05. The smallest absolute Gasteiger partial charge is 0.251 e. The minimum Gasteiger partial charge on any atom is -0.388 e. The topological polar surface area (TPSA) is 41.1 Å². The van der Waals surface area contributed by atoms with Gasteiger partial charge in [-0.2, -0.15) is 11.8 Å². The Morgan fingerprint density at radius 3 is 2.72 bits per heavy atom. The zero-order valence-corrected chi connectivity index (χ0v) is 12.4. The van der Waals surface area contributed by atoms with Crippen LogP contribution >= 0.6 is 11.8 Å². The van der Waals surface area contributed by atoms with E-state index >= 15 is 0 Å². The zero-order chi connectivity index (χ0) is 13.5. The number of carbonyl (C=O) groups is 1. The summed E-state index contributed by atoms with van der Waals surface area (Å²) in [7, 11) is 1.87. The fourth-order valence-electron chi connectivity index (χ4n) is 1.74. The third kappa shape index (κ3) is 4.26. The third-order valence-electron chi connectivity index (χ3n) is 2.89. The SMILES string of the molecule is CNc1ccc(C(=O)NC(C)CCSC)c(C)c1. The lowest BCUT2D eigenvalue weighted by molar-refractivity contribution is 0.0939. The van der Waals surface area contributed by atoms with Crippen molar-refractivity contribution in [1.82, 2.24) is 5.32 Å². The lowest BCUT2D eigenvalue weighted by Gasteiger charge is -2.14. The summed E-state index contributed by atoms with van der Waals surface area (Å²) < 4.78 is 0. The number of hydrogen-bond acceptors (Lipinski definition) is 3. The molecule has 0 aliphatic heterocycles. The van der Waals surface area contributed by atoms with Gasteiger partial charge in [-0.15, -0.1) is 0 Å². The molecule has 0 heterocycles. The zero-order valence-electron chi connectivity index (χ0n) is 11.5. The molecule has 0 bridgehead atoms. The van der Waals surface area contributed by atoms with E-state index in [0.717, 1.165) is 29.0 Å².